The van der Waals surface area contributed by atoms with Crippen molar-refractivity contribution in [2.45, 2.75) is 13.3 Å². The lowest BCUT2D eigenvalue weighted by Gasteiger charge is -2.01. The number of rotatable bonds is 3. The minimum absolute atomic E-state index is 0.0781. The Morgan fingerprint density at radius 3 is 2.69 bits per heavy atom. The van der Waals surface area contributed by atoms with E-state index in [1.165, 1.54) is 12.1 Å². The van der Waals surface area contributed by atoms with Gasteiger partial charge in [-0.25, -0.2) is 4.79 Å². The van der Waals surface area contributed by atoms with Crippen LogP contribution in [0.3, 0.4) is 0 Å². The number of aryl methyl sites for hydroxylation is 1. The number of carboxylic acid groups (broad SMARTS) is 1. The zero-order chi connectivity index (χ0) is 9.84. The van der Waals surface area contributed by atoms with Crippen molar-refractivity contribution < 1.29 is 14.7 Å². The second-order valence-electron chi connectivity index (χ2n) is 2.70. The van der Waals surface area contributed by atoms with Crippen LogP contribution < -0.4 is 0 Å². The Morgan fingerprint density at radius 1 is 1.54 bits per heavy atom. The highest BCUT2D eigenvalue weighted by molar-refractivity contribution is 5.97. The first-order chi connectivity index (χ1) is 6.19. The molecule has 0 unspecified atom stereocenters. The molecule has 1 rings (SSSR count). The molecule has 3 heteroatoms. The third-order valence-corrected chi connectivity index (χ3v) is 1.88. The third-order valence-electron chi connectivity index (χ3n) is 1.88. The second-order valence-corrected chi connectivity index (χ2v) is 2.70. The van der Waals surface area contributed by atoms with Crippen molar-refractivity contribution in [3.63, 3.8) is 0 Å². The van der Waals surface area contributed by atoms with E-state index in [0.717, 1.165) is 12.0 Å². The Hall–Kier alpha value is -1.64. The van der Waals surface area contributed by atoms with Gasteiger partial charge in [-0.05, 0) is 18.1 Å². The summed E-state index contributed by atoms with van der Waals surface area (Å²) in [5.41, 5.74) is 1.22. The van der Waals surface area contributed by atoms with E-state index in [9.17, 15) is 9.59 Å². The molecule has 0 bridgehead atoms. The van der Waals surface area contributed by atoms with Gasteiger partial charge < -0.3 is 5.11 Å². The van der Waals surface area contributed by atoms with Crippen LogP contribution in [0.25, 0.3) is 0 Å². The Kier molecular flexibility index (Phi) is 2.80. The minimum atomic E-state index is -1.06. The van der Waals surface area contributed by atoms with Gasteiger partial charge in [0.05, 0.1) is 5.56 Å². The van der Waals surface area contributed by atoms with Gasteiger partial charge in [-0.3, -0.25) is 4.79 Å². The fraction of sp³-hybridized carbons (Fsp3) is 0.200. The molecule has 0 fully saturated rings. The van der Waals surface area contributed by atoms with Crippen molar-refractivity contribution in [1.29, 1.82) is 0 Å². The van der Waals surface area contributed by atoms with E-state index < -0.39 is 5.97 Å². The van der Waals surface area contributed by atoms with E-state index in [1.807, 2.05) is 6.92 Å². The largest absolute Gasteiger partial charge is 0.478 e. The predicted molar refractivity (Wildman–Crippen MR) is 48.2 cm³/mol. The molecule has 3 nitrogen and oxygen atoms in total. The van der Waals surface area contributed by atoms with Crippen molar-refractivity contribution in [3.8, 4) is 0 Å². The Morgan fingerprint density at radius 2 is 2.23 bits per heavy atom. The summed E-state index contributed by atoms with van der Waals surface area (Å²) in [5.74, 6) is -1.06. The van der Waals surface area contributed by atoms with Gasteiger partial charge in [0.15, 0.2) is 6.29 Å². The van der Waals surface area contributed by atoms with Crippen molar-refractivity contribution in [2.24, 2.45) is 0 Å². The molecule has 1 aromatic rings. The molecule has 13 heavy (non-hydrogen) atoms. The standard InChI is InChI=1S/C10H10O3/c1-2-7-3-4-8(6-11)9(5-7)10(12)13/h3-6H,2H2,1H3,(H,12,13). The average Bonchev–Trinajstić information content (AvgIpc) is 2.16. The topological polar surface area (TPSA) is 54.4 Å². The number of carbonyl (C=O) groups is 2. The Balaban J connectivity index is 3.25. The first-order valence-electron chi connectivity index (χ1n) is 4.00. The first kappa shape index (κ1) is 9.45. The predicted octanol–water partition coefficient (Wildman–Crippen LogP) is 1.76. The van der Waals surface area contributed by atoms with Gasteiger partial charge in [-0.2, -0.15) is 0 Å². The number of carboxylic acids is 1. The van der Waals surface area contributed by atoms with Gasteiger partial charge in [0.1, 0.15) is 0 Å². The highest BCUT2D eigenvalue weighted by Gasteiger charge is 2.09. The van der Waals surface area contributed by atoms with Gasteiger partial charge in [-0.1, -0.05) is 19.1 Å². The van der Waals surface area contributed by atoms with E-state index in [1.54, 1.807) is 6.07 Å². The summed E-state index contributed by atoms with van der Waals surface area (Å²) in [4.78, 5) is 21.2. The molecule has 0 spiro atoms. The Labute approximate surface area is 76.0 Å². The molecule has 0 saturated heterocycles. The zero-order valence-electron chi connectivity index (χ0n) is 7.28. The summed E-state index contributed by atoms with van der Waals surface area (Å²) in [5, 5.41) is 8.76. The van der Waals surface area contributed by atoms with Crippen LogP contribution in [0.4, 0.5) is 0 Å². The molecule has 1 aromatic carbocycles. The maximum atomic E-state index is 10.7. The monoisotopic (exact) mass is 178 g/mol. The molecule has 0 heterocycles. The number of hydrogen-bond acceptors (Lipinski definition) is 2. The lowest BCUT2D eigenvalue weighted by molar-refractivity contribution is 0.0694. The lowest BCUT2D eigenvalue weighted by atomic mass is 10.0. The fourth-order valence-corrected chi connectivity index (χ4v) is 1.11. The number of benzene rings is 1. The smallest absolute Gasteiger partial charge is 0.336 e. The van der Waals surface area contributed by atoms with Gasteiger partial charge in [-0.15, -0.1) is 0 Å². The quantitative estimate of drug-likeness (QED) is 0.717. The van der Waals surface area contributed by atoms with E-state index in [4.69, 9.17) is 5.11 Å². The van der Waals surface area contributed by atoms with E-state index in [0.29, 0.717) is 6.29 Å². The summed E-state index contributed by atoms with van der Waals surface area (Å²) in [6.45, 7) is 1.93. The molecule has 68 valence electrons. The molecular weight excluding hydrogens is 168 g/mol. The van der Waals surface area contributed by atoms with E-state index in [2.05, 4.69) is 0 Å². The van der Waals surface area contributed by atoms with Crippen LogP contribution in [-0.4, -0.2) is 17.4 Å². The molecule has 0 atom stereocenters. The van der Waals surface area contributed by atoms with Gasteiger partial charge in [0.2, 0.25) is 0 Å². The van der Waals surface area contributed by atoms with Crippen LogP contribution in [0.5, 0.6) is 0 Å². The highest BCUT2D eigenvalue weighted by Crippen LogP contribution is 2.10. The summed E-state index contributed by atoms with van der Waals surface area (Å²) in [6.07, 6.45) is 1.32. The maximum Gasteiger partial charge on any atom is 0.336 e. The van der Waals surface area contributed by atoms with E-state index in [-0.39, 0.29) is 11.1 Å². The van der Waals surface area contributed by atoms with Gasteiger partial charge >= 0.3 is 5.97 Å². The SMILES string of the molecule is CCc1ccc(C=O)c(C(=O)O)c1. The normalized spacial score (nSPS) is 9.62. The van der Waals surface area contributed by atoms with Crippen LogP contribution in [0.15, 0.2) is 18.2 Å². The van der Waals surface area contributed by atoms with E-state index >= 15 is 0 Å². The number of hydrogen-bond donors (Lipinski definition) is 1. The van der Waals surface area contributed by atoms with Crippen molar-refractivity contribution >= 4 is 12.3 Å². The summed E-state index contributed by atoms with van der Waals surface area (Å²) in [6, 6.07) is 4.83. The van der Waals surface area contributed by atoms with Crippen molar-refractivity contribution in [1.82, 2.24) is 0 Å². The summed E-state index contributed by atoms with van der Waals surface area (Å²) in [7, 11) is 0. The summed E-state index contributed by atoms with van der Waals surface area (Å²) < 4.78 is 0. The molecule has 1 N–H and O–H groups in total. The van der Waals surface area contributed by atoms with Crippen LogP contribution in [0, 0.1) is 0 Å². The second kappa shape index (κ2) is 3.85. The fourth-order valence-electron chi connectivity index (χ4n) is 1.11. The average molecular weight is 178 g/mol. The minimum Gasteiger partial charge on any atom is -0.478 e. The van der Waals surface area contributed by atoms with Crippen LogP contribution in [-0.2, 0) is 6.42 Å². The molecule has 0 saturated carbocycles. The summed E-state index contributed by atoms with van der Waals surface area (Å²) >= 11 is 0. The number of carbonyl (C=O) groups excluding carboxylic acids is 1. The van der Waals surface area contributed by atoms with Gasteiger partial charge in [0, 0.05) is 5.56 Å². The number of aldehydes is 1. The highest BCUT2D eigenvalue weighted by atomic mass is 16.4. The zero-order valence-corrected chi connectivity index (χ0v) is 7.28. The van der Waals surface area contributed by atoms with Crippen molar-refractivity contribution in [3.05, 3.63) is 34.9 Å². The first-order valence-corrected chi connectivity index (χ1v) is 4.00. The molecule has 0 aromatic heterocycles. The van der Waals surface area contributed by atoms with Crippen LogP contribution in [0.1, 0.15) is 33.2 Å². The molecule has 0 aliphatic rings. The van der Waals surface area contributed by atoms with Gasteiger partial charge in [0.25, 0.3) is 0 Å². The molecule has 0 aliphatic heterocycles. The lowest BCUT2D eigenvalue weighted by Crippen LogP contribution is -2.02. The number of aromatic carboxylic acids is 1. The maximum absolute atomic E-state index is 10.7. The Bertz CT molecular complexity index is 342. The molecule has 0 radical (unpaired) electrons. The van der Waals surface area contributed by atoms with Crippen LogP contribution in [0.2, 0.25) is 0 Å². The molecular formula is C10H10O3. The third kappa shape index (κ3) is 1.93. The van der Waals surface area contributed by atoms with Crippen LogP contribution >= 0.6 is 0 Å². The molecule has 0 amide bonds. The van der Waals surface area contributed by atoms with Crippen molar-refractivity contribution in [2.75, 3.05) is 0 Å². The molecule has 0 aliphatic carbocycles.